The van der Waals surface area contributed by atoms with Crippen LogP contribution in [0.3, 0.4) is 0 Å². The molecule has 7 heteroatoms. The van der Waals surface area contributed by atoms with Crippen LogP contribution in [0.15, 0.2) is 70.5 Å². The lowest BCUT2D eigenvalue weighted by atomic mass is 10.1. The lowest BCUT2D eigenvalue weighted by molar-refractivity contribution is -0.117. The van der Waals surface area contributed by atoms with Crippen LogP contribution in [0.2, 0.25) is 0 Å². The Hall–Kier alpha value is -2.51. The molecule has 0 saturated heterocycles. The van der Waals surface area contributed by atoms with Gasteiger partial charge < -0.3 is 4.90 Å². The zero-order chi connectivity index (χ0) is 20.2. The zero-order valence-corrected chi connectivity index (χ0v) is 17.5. The Morgan fingerprint density at radius 1 is 1.03 bits per heavy atom. The second kappa shape index (κ2) is 6.78. The first kappa shape index (κ1) is 18.5. The van der Waals surface area contributed by atoms with E-state index >= 15 is 0 Å². The van der Waals surface area contributed by atoms with Crippen molar-refractivity contribution in [2.75, 3.05) is 22.3 Å². The molecule has 0 aliphatic carbocycles. The summed E-state index contributed by atoms with van der Waals surface area (Å²) in [5, 5.41) is 1.95. The summed E-state index contributed by atoms with van der Waals surface area (Å²) in [5.41, 5.74) is 1.44. The van der Waals surface area contributed by atoms with Crippen LogP contribution >= 0.6 is 11.8 Å². The molecule has 0 bridgehead atoms. The van der Waals surface area contributed by atoms with E-state index in [-0.39, 0.29) is 17.3 Å². The number of thioether (sulfide) groups is 1. The van der Waals surface area contributed by atoms with Gasteiger partial charge in [0.1, 0.15) is 6.54 Å². The van der Waals surface area contributed by atoms with Crippen molar-refractivity contribution in [3.63, 3.8) is 0 Å². The van der Waals surface area contributed by atoms with Gasteiger partial charge in [0.15, 0.2) is 0 Å². The van der Waals surface area contributed by atoms with Crippen molar-refractivity contribution in [2.24, 2.45) is 0 Å². The van der Waals surface area contributed by atoms with Gasteiger partial charge in [-0.15, -0.1) is 11.8 Å². The van der Waals surface area contributed by atoms with Crippen LogP contribution in [0.25, 0.3) is 10.8 Å². The molecule has 5 rings (SSSR count). The number of nitrogens with zero attached hydrogens (tertiary/aromatic N) is 2. The van der Waals surface area contributed by atoms with Crippen LogP contribution in [0.4, 0.5) is 11.4 Å². The molecule has 0 radical (unpaired) electrons. The maximum absolute atomic E-state index is 13.3. The molecule has 3 aromatic rings. The van der Waals surface area contributed by atoms with Crippen LogP contribution in [0.5, 0.6) is 0 Å². The molecule has 2 aliphatic rings. The van der Waals surface area contributed by atoms with E-state index in [1.54, 1.807) is 34.9 Å². The van der Waals surface area contributed by atoms with Gasteiger partial charge in [0.2, 0.25) is 5.91 Å². The van der Waals surface area contributed by atoms with Crippen molar-refractivity contribution in [1.29, 1.82) is 0 Å². The number of carbonyl (C=O) groups is 1. The summed E-state index contributed by atoms with van der Waals surface area (Å²) in [6.45, 7) is 2.52. The molecular formula is C22H20N2O3S2. The minimum Gasteiger partial charge on any atom is -0.310 e. The van der Waals surface area contributed by atoms with Crippen LogP contribution < -0.4 is 9.21 Å². The summed E-state index contributed by atoms with van der Waals surface area (Å²) in [5.74, 6) is -0.208. The lowest BCUT2D eigenvalue weighted by Crippen LogP contribution is -2.42. The number of carbonyl (C=O) groups excluding carboxylic acids is 1. The van der Waals surface area contributed by atoms with E-state index in [4.69, 9.17) is 0 Å². The second-order valence-corrected chi connectivity index (χ2v) is 10.7. The Morgan fingerprint density at radius 2 is 1.76 bits per heavy atom. The van der Waals surface area contributed by atoms with E-state index in [1.807, 2.05) is 42.5 Å². The molecule has 2 aliphatic heterocycles. The van der Waals surface area contributed by atoms with E-state index in [1.165, 1.54) is 4.31 Å². The summed E-state index contributed by atoms with van der Waals surface area (Å²) in [4.78, 5) is 16.4. The second-order valence-electron chi connectivity index (χ2n) is 7.37. The minimum atomic E-state index is -3.75. The molecule has 5 nitrogen and oxygen atoms in total. The maximum atomic E-state index is 13.3. The summed E-state index contributed by atoms with van der Waals surface area (Å²) in [6.07, 6.45) is 0.855. The fraction of sp³-hybridized carbons (Fsp3) is 0.227. The number of hydrogen-bond donors (Lipinski definition) is 0. The summed E-state index contributed by atoms with van der Waals surface area (Å²) in [6, 6.07) is 18.6. The molecule has 0 aromatic heterocycles. The Kier molecular flexibility index (Phi) is 4.33. The number of anilines is 2. The van der Waals surface area contributed by atoms with Gasteiger partial charge in [0.25, 0.3) is 10.0 Å². The van der Waals surface area contributed by atoms with Crippen molar-refractivity contribution in [2.45, 2.75) is 28.4 Å². The van der Waals surface area contributed by atoms with Crippen molar-refractivity contribution < 1.29 is 13.2 Å². The highest BCUT2D eigenvalue weighted by Gasteiger charge is 2.38. The van der Waals surface area contributed by atoms with E-state index in [2.05, 4.69) is 6.92 Å². The highest BCUT2D eigenvalue weighted by atomic mass is 32.2. The molecule has 0 spiro atoms. The van der Waals surface area contributed by atoms with Crippen LogP contribution in [-0.4, -0.2) is 32.7 Å². The first-order chi connectivity index (χ1) is 14.0. The van der Waals surface area contributed by atoms with Crippen LogP contribution in [0, 0.1) is 0 Å². The highest BCUT2D eigenvalue weighted by molar-refractivity contribution is 8.00. The van der Waals surface area contributed by atoms with Crippen molar-refractivity contribution >= 4 is 49.8 Å². The topological polar surface area (TPSA) is 57.7 Å². The van der Waals surface area contributed by atoms with Gasteiger partial charge in [-0.2, -0.15) is 0 Å². The normalized spacial score (nSPS) is 19.8. The van der Waals surface area contributed by atoms with Crippen LogP contribution in [-0.2, 0) is 14.8 Å². The summed E-state index contributed by atoms with van der Waals surface area (Å²) < 4.78 is 27.7. The van der Waals surface area contributed by atoms with Crippen LogP contribution in [0.1, 0.15) is 13.3 Å². The van der Waals surface area contributed by atoms with E-state index in [0.29, 0.717) is 22.9 Å². The Bertz CT molecular complexity index is 1230. The number of amides is 1. The molecule has 0 saturated carbocycles. The van der Waals surface area contributed by atoms with Gasteiger partial charge in [-0.05, 0) is 36.1 Å². The fourth-order valence-corrected chi connectivity index (χ4v) is 6.86. The smallest absolute Gasteiger partial charge is 0.265 e. The fourth-order valence-electron chi connectivity index (χ4n) is 4.08. The maximum Gasteiger partial charge on any atom is 0.265 e. The SMILES string of the molecule is C[C@H]1CCN(C(=O)CN2c3cccc4cccc(c34)S2(=O)=O)c2ccccc2S1. The van der Waals surface area contributed by atoms with Gasteiger partial charge in [-0.25, -0.2) is 8.42 Å². The number of rotatable bonds is 2. The summed E-state index contributed by atoms with van der Waals surface area (Å²) >= 11 is 1.76. The molecule has 29 heavy (non-hydrogen) atoms. The number of fused-ring (bicyclic) bond motifs is 1. The Morgan fingerprint density at radius 3 is 2.59 bits per heavy atom. The van der Waals surface area contributed by atoms with Gasteiger partial charge in [0.05, 0.1) is 16.3 Å². The van der Waals surface area contributed by atoms with Gasteiger partial charge in [-0.3, -0.25) is 9.10 Å². The number of sulfonamides is 1. The highest BCUT2D eigenvalue weighted by Crippen LogP contribution is 2.42. The largest absolute Gasteiger partial charge is 0.310 e. The quantitative estimate of drug-likeness (QED) is 0.617. The lowest BCUT2D eigenvalue weighted by Gasteiger charge is -2.26. The number of hydrogen-bond acceptors (Lipinski definition) is 4. The molecule has 1 amide bonds. The predicted molar refractivity (Wildman–Crippen MR) is 117 cm³/mol. The van der Waals surface area contributed by atoms with Gasteiger partial charge in [0, 0.05) is 22.1 Å². The van der Waals surface area contributed by atoms with E-state index < -0.39 is 10.0 Å². The average molecular weight is 425 g/mol. The third kappa shape index (κ3) is 2.91. The van der Waals surface area contributed by atoms with Crippen molar-refractivity contribution in [3.05, 3.63) is 60.7 Å². The first-order valence-corrected chi connectivity index (χ1v) is 11.9. The van der Waals surface area contributed by atoms with Crippen molar-refractivity contribution in [1.82, 2.24) is 0 Å². The third-order valence-electron chi connectivity index (χ3n) is 5.50. The number of benzene rings is 3. The molecular weight excluding hydrogens is 404 g/mol. The molecule has 2 heterocycles. The standard InChI is InChI=1S/C22H20N2O3S2/c1-15-12-13-23(17-8-2-3-10-19(17)28-15)21(25)14-24-18-9-4-6-16-7-5-11-20(22(16)18)29(24,26)27/h2-11,15H,12-14H2,1H3/t15-/m0/s1. The third-order valence-corrected chi connectivity index (χ3v) is 8.54. The van der Waals surface area contributed by atoms with Crippen molar-refractivity contribution in [3.8, 4) is 0 Å². The molecule has 1 atom stereocenters. The Labute approximate surface area is 174 Å². The molecule has 0 unspecified atom stereocenters. The predicted octanol–water partition coefficient (Wildman–Crippen LogP) is 4.27. The zero-order valence-electron chi connectivity index (χ0n) is 15.9. The molecule has 0 fully saturated rings. The summed E-state index contributed by atoms with van der Waals surface area (Å²) in [7, 11) is -3.75. The first-order valence-electron chi connectivity index (χ1n) is 9.57. The van der Waals surface area contributed by atoms with Gasteiger partial charge in [-0.1, -0.05) is 43.3 Å². The minimum absolute atomic E-state index is 0.205. The van der Waals surface area contributed by atoms with E-state index in [0.717, 1.165) is 22.4 Å². The van der Waals surface area contributed by atoms with E-state index in [9.17, 15) is 13.2 Å². The number of para-hydroxylation sites is 1. The monoisotopic (exact) mass is 424 g/mol. The van der Waals surface area contributed by atoms with Gasteiger partial charge >= 0.3 is 0 Å². The average Bonchev–Trinajstić information content (AvgIpc) is 2.83. The molecule has 3 aromatic carbocycles. The molecule has 0 N–H and O–H groups in total. The molecule has 148 valence electrons. The Balaban J connectivity index is 1.53.